The van der Waals surface area contributed by atoms with E-state index in [1.165, 1.54) is 6.08 Å². The third-order valence-corrected chi connectivity index (χ3v) is 5.78. The second kappa shape index (κ2) is 8.04. The topological polar surface area (TPSA) is 75.7 Å². The van der Waals surface area contributed by atoms with Crippen LogP contribution in [0.2, 0.25) is 0 Å². The summed E-state index contributed by atoms with van der Waals surface area (Å²) in [6.07, 6.45) is 1.46. The molecule has 1 heterocycles. The van der Waals surface area contributed by atoms with Gasteiger partial charge in [0.25, 0.3) is 11.8 Å². The Morgan fingerprint density at radius 3 is 2.43 bits per heavy atom. The van der Waals surface area contributed by atoms with Gasteiger partial charge < -0.3 is 4.74 Å². The van der Waals surface area contributed by atoms with E-state index < -0.39 is 17.8 Å². The minimum absolute atomic E-state index is 0.120. The molecule has 8 heteroatoms. The minimum atomic E-state index is -0.763. The number of imide groups is 2. The average molecular weight is 555 g/mol. The fourth-order valence-corrected chi connectivity index (χ4v) is 4.66. The number of barbiturate groups is 1. The van der Waals surface area contributed by atoms with Gasteiger partial charge in [-0.15, -0.1) is 0 Å². The number of ether oxygens (including phenoxy) is 1. The summed E-state index contributed by atoms with van der Waals surface area (Å²) in [5.41, 5.74) is 2.90. The molecule has 0 radical (unpaired) electrons. The zero-order valence-electron chi connectivity index (χ0n) is 15.3. The van der Waals surface area contributed by atoms with Crippen LogP contribution in [-0.4, -0.2) is 25.0 Å². The van der Waals surface area contributed by atoms with E-state index in [2.05, 4.69) is 43.8 Å². The molecule has 2 aromatic carbocycles. The summed E-state index contributed by atoms with van der Waals surface area (Å²) < 4.78 is 6.80. The summed E-state index contributed by atoms with van der Waals surface area (Å²) in [7, 11) is 1.56. The van der Waals surface area contributed by atoms with Crippen LogP contribution < -0.4 is 15.0 Å². The molecular weight excluding hydrogens is 539 g/mol. The van der Waals surface area contributed by atoms with E-state index in [0.717, 1.165) is 19.6 Å². The summed E-state index contributed by atoms with van der Waals surface area (Å²) in [5, 5.41) is 2.24. The highest BCUT2D eigenvalue weighted by Crippen LogP contribution is 2.33. The maximum absolute atomic E-state index is 13.0. The third-order valence-electron chi connectivity index (χ3n) is 4.39. The maximum Gasteiger partial charge on any atom is 0.335 e. The highest BCUT2D eigenvalue weighted by atomic mass is 127. The lowest BCUT2D eigenvalue weighted by molar-refractivity contribution is -0.122. The second-order valence-corrected chi connectivity index (χ2v) is 8.26. The zero-order chi connectivity index (χ0) is 20.6. The molecule has 1 saturated heterocycles. The maximum atomic E-state index is 13.0. The van der Waals surface area contributed by atoms with Crippen molar-refractivity contribution in [2.45, 2.75) is 13.8 Å². The average Bonchev–Trinajstić information content (AvgIpc) is 2.61. The molecule has 0 atom stereocenters. The lowest BCUT2D eigenvalue weighted by Crippen LogP contribution is -2.54. The van der Waals surface area contributed by atoms with Gasteiger partial charge in [0.05, 0.1) is 20.8 Å². The van der Waals surface area contributed by atoms with E-state index in [-0.39, 0.29) is 5.57 Å². The number of methoxy groups -OCH3 is 1. The van der Waals surface area contributed by atoms with Crippen molar-refractivity contribution in [2.75, 3.05) is 12.0 Å². The molecule has 1 fully saturated rings. The molecule has 0 spiro atoms. The van der Waals surface area contributed by atoms with Gasteiger partial charge in [-0.2, -0.15) is 0 Å². The lowest BCUT2D eigenvalue weighted by Gasteiger charge is -2.27. The summed E-state index contributed by atoms with van der Waals surface area (Å²) in [6.45, 7) is 3.83. The van der Waals surface area contributed by atoms with Crippen LogP contribution in [0.1, 0.15) is 16.7 Å². The van der Waals surface area contributed by atoms with E-state index in [1.807, 2.05) is 19.9 Å². The number of anilines is 1. The van der Waals surface area contributed by atoms with Crippen LogP contribution >= 0.6 is 38.5 Å². The van der Waals surface area contributed by atoms with Crippen molar-refractivity contribution in [3.05, 3.63) is 60.6 Å². The molecule has 4 amide bonds. The lowest BCUT2D eigenvalue weighted by atomic mass is 10.1. The van der Waals surface area contributed by atoms with Crippen LogP contribution in [0, 0.1) is 17.4 Å². The number of carbonyl (C=O) groups is 3. The molecule has 6 nitrogen and oxygen atoms in total. The number of carbonyl (C=O) groups excluding carboxylic acids is 3. The molecule has 28 heavy (non-hydrogen) atoms. The monoisotopic (exact) mass is 554 g/mol. The van der Waals surface area contributed by atoms with Crippen LogP contribution in [0.5, 0.6) is 5.75 Å². The number of amides is 4. The fraction of sp³-hybridized carbons (Fsp3) is 0.150. The number of hydrogen-bond donors (Lipinski definition) is 1. The second-order valence-electron chi connectivity index (χ2n) is 6.24. The van der Waals surface area contributed by atoms with Gasteiger partial charge in [-0.05, 0) is 99.4 Å². The van der Waals surface area contributed by atoms with Crippen molar-refractivity contribution in [1.82, 2.24) is 5.32 Å². The quantitative estimate of drug-likeness (QED) is 0.348. The zero-order valence-corrected chi connectivity index (χ0v) is 19.0. The summed E-state index contributed by atoms with van der Waals surface area (Å²) >= 11 is 5.52. The molecular formula is C20H16BrIN2O4. The molecule has 0 saturated carbocycles. The Kier molecular flexibility index (Phi) is 5.90. The highest BCUT2D eigenvalue weighted by molar-refractivity contribution is 14.1. The SMILES string of the molecule is COc1c(Br)cc(/C=C2\C(=O)NC(=O)N(c3ccc(C)c(C)c3)C2=O)cc1I. The minimum Gasteiger partial charge on any atom is -0.494 e. The molecule has 0 unspecified atom stereocenters. The highest BCUT2D eigenvalue weighted by Gasteiger charge is 2.36. The van der Waals surface area contributed by atoms with Gasteiger partial charge in [-0.25, -0.2) is 9.69 Å². The van der Waals surface area contributed by atoms with Gasteiger partial charge in [-0.1, -0.05) is 6.07 Å². The predicted octanol–water partition coefficient (Wildman–Crippen LogP) is 4.35. The van der Waals surface area contributed by atoms with Crippen molar-refractivity contribution in [3.63, 3.8) is 0 Å². The molecule has 0 aliphatic carbocycles. The van der Waals surface area contributed by atoms with Crippen molar-refractivity contribution < 1.29 is 19.1 Å². The molecule has 1 N–H and O–H groups in total. The summed E-state index contributed by atoms with van der Waals surface area (Å²) in [5.74, 6) is -0.731. The van der Waals surface area contributed by atoms with Crippen LogP contribution in [0.15, 0.2) is 40.4 Å². The van der Waals surface area contributed by atoms with Crippen LogP contribution in [0.4, 0.5) is 10.5 Å². The number of rotatable bonds is 3. The third kappa shape index (κ3) is 3.83. The van der Waals surface area contributed by atoms with Gasteiger partial charge in [0.15, 0.2) is 0 Å². The van der Waals surface area contributed by atoms with E-state index in [0.29, 0.717) is 21.5 Å². The molecule has 2 aromatic rings. The van der Waals surface area contributed by atoms with Gasteiger partial charge in [0.1, 0.15) is 11.3 Å². The first-order chi connectivity index (χ1) is 13.2. The van der Waals surface area contributed by atoms with Crippen molar-refractivity contribution in [3.8, 4) is 5.75 Å². The standard InChI is InChI=1S/C20H16BrIN2O4/c1-10-4-5-13(6-11(10)2)24-19(26)14(18(25)23-20(24)27)7-12-8-15(21)17(28-3)16(22)9-12/h4-9H,1-3H3,(H,23,25,27)/b14-7+. The summed E-state index contributed by atoms with van der Waals surface area (Å²) in [6, 6.07) is 8.02. The first-order valence-electron chi connectivity index (χ1n) is 8.24. The van der Waals surface area contributed by atoms with E-state index in [9.17, 15) is 14.4 Å². The number of aryl methyl sites for hydroxylation is 2. The van der Waals surface area contributed by atoms with Crippen LogP contribution in [-0.2, 0) is 9.59 Å². The van der Waals surface area contributed by atoms with Crippen LogP contribution in [0.3, 0.4) is 0 Å². The number of halogens is 2. The van der Waals surface area contributed by atoms with E-state index in [4.69, 9.17) is 4.74 Å². The van der Waals surface area contributed by atoms with Gasteiger partial charge in [0.2, 0.25) is 0 Å². The number of nitrogens with zero attached hydrogens (tertiary/aromatic N) is 1. The largest absolute Gasteiger partial charge is 0.494 e. The first-order valence-corrected chi connectivity index (χ1v) is 10.1. The van der Waals surface area contributed by atoms with Gasteiger partial charge >= 0.3 is 6.03 Å². The number of nitrogens with one attached hydrogen (secondary N) is 1. The normalized spacial score (nSPS) is 15.8. The van der Waals surface area contributed by atoms with Gasteiger partial charge in [0, 0.05) is 0 Å². The Balaban J connectivity index is 2.05. The fourth-order valence-electron chi connectivity index (χ4n) is 2.78. The van der Waals surface area contributed by atoms with Crippen LogP contribution in [0.25, 0.3) is 6.08 Å². The number of benzene rings is 2. The Labute approximate surface area is 184 Å². The Morgan fingerprint density at radius 1 is 1.11 bits per heavy atom. The molecule has 1 aliphatic rings. The van der Waals surface area contributed by atoms with Gasteiger partial charge in [-0.3, -0.25) is 14.9 Å². The van der Waals surface area contributed by atoms with E-state index >= 15 is 0 Å². The Bertz CT molecular complexity index is 1030. The number of hydrogen-bond acceptors (Lipinski definition) is 4. The number of urea groups is 1. The molecule has 0 bridgehead atoms. The molecule has 1 aliphatic heterocycles. The first kappa shape index (κ1) is 20.5. The molecule has 144 valence electrons. The van der Waals surface area contributed by atoms with Crippen molar-refractivity contribution in [1.29, 1.82) is 0 Å². The van der Waals surface area contributed by atoms with Crippen molar-refractivity contribution in [2.24, 2.45) is 0 Å². The molecule has 0 aromatic heterocycles. The van der Waals surface area contributed by atoms with Crippen molar-refractivity contribution >= 4 is 68.1 Å². The molecule has 3 rings (SSSR count). The van der Waals surface area contributed by atoms with E-state index in [1.54, 1.807) is 31.4 Å². The Morgan fingerprint density at radius 2 is 1.82 bits per heavy atom. The Hall–Kier alpha value is -2.20. The summed E-state index contributed by atoms with van der Waals surface area (Å²) in [4.78, 5) is 38.6. The predicted molar refractivity (Wildman–Crippen MR) is 118 cm³/mol. The smallest absolute Gasteiger partial charge is 0.335 e.